The van der Waals surface area contributed by atoms with Gasteiger partial charge in [0.25, 0.3) is 0 Å². The first-order chi connectivity index (χ1) is 7.65. The van der Waals surface area contributed by atoms with Crippen LogP contribution in [0, 0.1) is 0 Å². The number of nitrogens with one attached hydrogen (secondary N) is 1. The third kappa shape index (κ3) is 7.57. The van der Waals surface area contributed by atoms with E-state index in [1.54, 1.807) is 34.6 Å². The Hall–Kier alpha value is -1.30. The lowest BCUT2D eigenvalue weighted by molar-refractivity contribution is -0.151. The summed E-state index contributed by atoms with van der Waals surface area (Å²) >= 11 is 0. The quantitative estimate of drug-likeness (QED) is 0.718. The largest absolute Gasteiger partial charge is 0.461 e. The van der Waals surface area contributed by atoms with Crippen molar-refractivity contribution >= 4 is 12.1 Å². The smallest absolute Gasteiger partial charge is 0.408 e. The minimum atomic E-state index is -1.10. The highest BCUT2D eigenvalue weighted by molar-refractivity contribution is 5.81. The van der Waals surface area contributed by atoms with Crippen molar-refractivity contribution < 1.29 is 24.2 Å². The Labute approximate surface area is 101 Å². The molecule has 0 aromatic carbocycles. The van der Waals surface area contributed by atoms with Crippen molar-refractivity contribution in [1.29, 1.82) is 0 Å². The summed E-state index contributed by atoms with van der Waals surface area (Å²) in [7, 11) is 0. The zero-order valence-electron chi connectivity index (χ0n) is 10.9. The van der Waals surface area contributed by atoms with Crippen LogP contribution in [0.15, 0.2) is 0 Å². The summed E-state index contributed by atoms with van der Waals surface area (Å²) in [5.41, 5.74) is -0.661. The van der Waals surface area contributed by atoms with Crippen LogP contribution in [0.1, 0.15) is 34.6 Å². The second-order valence-corrected chi connectivity index (χ2v) is 4.87. The molecular weight excluding hydrogens is 226 g/mol. The van der Waals surface area contributed by atoms with Crippen LogP contribution in [0.3, 0.4) is 0 Å². The van der Waals surface area contributed by atoms with Crippen LogP contribution in [-0.2, 0) is 14.3 Å². The molecule has 1 atom stereocenters. The number of carbonyl (C=O) groups is 2. The van der Waals surface area contributed by atoms with E-state index in [1.807, 2.05) is 0 Å². The van der Waals surface area contributed by atoms with Gasteiger partial charge in [-0.1, -0.05) is 0 Å². The molecule has 0 spiro atoms. The van der Waals surface area contributed by atoms with Gasteiger partial charge in [0, 0.05) is 0 Å². The van der Waals surface area contributed by atoms with Gasteiger partial charge >= 0.3 is 12.1 Å². The normalized spacial score (nSPS) is 13.1. The van der Waals surface area contributed by atoms with Gasteiger partial charge in [0.15, 0.2) is 6.04 Å². The Bertz CT molecular complexity index is 270. The van der Waals surface area contributed by atoms with Gasteiger partial charge in [-0.15, -0.1) is 0 Å². The summed E-state index contributed by atoms with van der Waals surface area (Å²) in [5.74, 6) is -0.687. The average molecular weight is 247 g/mol. The SMILES string of the molecule is CC(C)OC(=O)C(CO)NC(=O)OC(C)(C)C. The Morgan fingerprint density at radius 3 is 2.18 bits per heavy atom. The van der Waals surface area contributed by atoms with Crippen molar-refractivity contribution in [1.82, 2.24) is 5.32 Å². The molecule has 0 aliphatic heterocycles. The number of hydrogen-bond acceptors (Lipinski definition) is 5. The fraction of sp³-hybridized carbons (Fsp3) is 0.818. The number of esters is 1. The second kappa shape index (κ2) is 6.44. The maximum absolute atomic E-state index is 11.4. The molecule has 1 unspecified atom stereocenters. The van der Waals surface area contributed by atoms with E-state index in [0.717, 1.165) is 0 Å². The fourth-order valence-corrected chi connectivity index (χ4v) is 0.943. The molecule has 6 heteroatoms. The molecule has 0 fully saturated rings. The average Bonchev–Trinajstić information content (AvgIpc) is 2.09. The first-order valence-corrected chi connectivity index (χ1v) is 5.46. The van der Waals surface area contributed by atoms with E-state index >= 15 is 0 Å². The van der Waals surface area contributed by atoms with Crippen LogP contribution in [0.5, 0.6) is 0 Å². The van der Waals surface area contributed by atoms with Crippen LogP contribution >= 0.6 is 0 Å². The number of aliphatic hydroxyl groups is 1. The summed E-state index contributed by atoms with van der Waals surface area (Å²) in [6, 6.07) is -1.10. The predicted molar refractivity (Wildman–Crippen MR) is 61.5 cm³/mol. The van der Waals surface area contributed by atoms with E-state index in [9.17, 15) is 9.59 Å². The monoisotopic (exact) mass is 247 g/mol. The lowest BCUT2D eigenvalue weighted by Crippen LogP contribution is -2.46. The van der Waals surface area contributed by atoms with Gasteiger partial charge in [0.2, 0.25) is 0 Å². The standard InChI is InChI=1S/C11H21NO5/c1-7(2)16-9(14)8(6-13)12-10(15)17-11(3,4)5/h7-8,13H,6H2,1-5H3,(H,12,15). The molecule has 0 saturated carbocycles. The molecule has 0 saturated heterocycles. The van der Waals surface area contributed by atoms with Crippen molar-refractivity contribution in [2.75, 3.05) is 6.61 Å². The summed E-state index contributed by atoms with van der Waals surface area (Å²) < 4.78 is 9.82. The van der Waals surface area contributed by atoms with Gasteiger partial charge in [-0.3, -0.25) is 0 Å². The lowest BCUT2D eigenvalue weighted by Gasteiger charge is -2.22. The van der Waals surface area contributed by atoms with Gasteiger partial charge in [0.05, 0.1) is 12.7 Å². The van der Waals surface area contributed by atoms with Gasteiger partial charge in [-0.2, -0.15) is 0 Å². The van der Waals surface area contributed by atoms with Crippen LogP contribution in [0.25, 0.3) is 0 Å². The minimum absolute atomic E-state index is 0.308. The third-order valence-corrected chi connectivity index (χ3v) is 1.51. The van der Waals surface area contributed by atoms with Crippen LogP contribution in [-0.4, -0.2) is 41.5 Å². The summed E-state index contributed by atoms with van der Waals surface area (Å²) in [5, 5.41) is 11.2. The Morgan fingerprint density at radius 1 is 1.29 bits per heavy atom. The first-order valence-electron chi connectivity index (χ1n) is 5.46. The van der Waals surface area contributed by atoms with Crippen LogP contribution in [0.2, 0.25) is 0 Å². The Balaban J connectivity index is 4.31. The molecule has 2 N–H and O–H groups in total. The topological polar surface area (TPSA) is 84.9 Å². The third-order valence-electron chi connectivity index (χ3n) is 1.51. The minimum Gasteiger partial charge on any atom is -0.461 e. The number of alkyl carbamates (subject to hydrolysis) is 1. The summed E-state index contributed by atoms with van der Waals surface area (Å²) in [6.07, 6.45) is -1.07. The highest BCUT2D eigenvalue weighted by Gasteiger charge is 2.25. The molecule has 0 aromatic heterocycles. The molecule has 6 nitrogen and oxygen atoms in total. The van der Waals surface area contributed by atoms with E-state index in [2.05, 4.69) is 5.32 Å². The van der Waals surface area contributed by atoms with Crippen molar-refractivity contribution in [2.45, 2.75) is 52.4 Å². The first kappa shape index (κ1) is 15.7. The van der Waals surface area contributed by atoms with Crippen molar-refractivity contribution in [3.05, 3.63) is 0 Å². The van der Waals surface area contributed by atoms with Crippen molar-refractivity contribution in [3.63, 3.8) is 0 Å². The van der Waals surface area contributed by atoms with Gasteiger partial charge < -0.3 is 19.9 Å². The van der Waals surface area contributed by atoms with Crippen molar-refractivity contribution in [2.24, 2.45) is 0 Å². The van der Waals surface area contributed by atoms with Gasteiger partial charge in [0.1, 0.15) is 5.60 Å². The molecule has 0 heterocycles. The fourth-order valence-electron chi connectivity index (χ4n) is 0.943. The molecule has 0 aromatic rings. The number of aliphatic hydroxyl groups excluding tert-OH is 1. The van der Waals surface area contributed by atoms with Gasteiger partial charge in [-0.05, 0) is 34.6 Å². The molecule has 0 aliphatic rings. The molecule has 0 radical (unpaired) electrons. The molecule has 100 valence electrons. The maximum Gasteiger partial charge on any atom is 0.408 e. The van der Waals surface area contributed by atoms with Crippen LogP contribution < -0.4 is 5.32 Å². The number of amides is 1. The van der Waals surface area contributed by atoms with Crippen LogP contribution in [0.4, 0.5) is 4.79 Å². The molecular formula is C11H21NO5. The van der Waals surface area contributed by atoms with Crippen molar-refractivity contribution in [3.8, 4) is 0 Å². The highest BCUT2D eigenvalue weighted by Crippen LogP contribution is 2.07. The molecule has 0 bridgehead atoms. The molecule has 0 rings (SSSR count). The Morgan fingerprint density at radius 2 is 1.82 bits per heavy atom. The number of ether oxygens (including phenoxy) is 2. The van der Waals surface area contributed by atoms with E-state index in [1.165, 1.54) is 0 Å². The zero-order valence-corrected chi connectivity index (χ0v) is 10.9. The van der Waals surface area contributed by atoms with E-state index in [4.69, 9.17) is 14.6 Å². The number of hydrogen-bond donors (Lipinski definition) is 2. The molecule has 17 heavy (non-hydrogen) atoms. The molecule has 0 aliphatic carbocycles. The Kier molecular flexibility index (Phi) is 5.95. The number of carbonyl (C=O) groups excluding carboxylic acids is 2. The second-order valence-electron chi connectivity index (χ2n) is 4.87. The summed E-state index contributed by atoms with van der Waals surface area (Å²) in [4.78, 5) is 22.8. The number of rotatable bonds is 4. The lowest BCUT2D eigenvalue weighted by atomic mass is 10.2. The van der Waals surface area contributed by atoms with E-state index in [0.29, 0.717) is 0 Å². The zero-order chi connectivity index (χ0) is 13.6. The molecule has 1 amide bonds. The summed E-state index contributed by atoms with van der Waals surface area (Å²) in [6.45, 7) is 7.93. The van der Waals surface area contributed by atoms with E-state index in [-0.39, 0.29) is 6.10 Å². The van der Waals surface area contributed by atoms with E-state index < -0.39 is 30.3 Å². The van der Waals surface area contributed by atoms with Gasteiger partial charge in [-0.25, -0.2) is 9.59 Å². The predicted octanol–water partition coefficient (Wildman–Crippen LogP) is 0.824. The maximum atomic E-state index is 11.4. The highest BCUT2D eigenvalue weighted by atomic mass is 16.6.